The summed E-state index contributed by atoms with van der Waals surface area (Å²) in [5.41, 5.74) is 0. The number of aliphatic carboxylic acids is 1. The maximum Gasteiger partial charge on any atom is 0.320 e. The summed E-state index contributed by atoms with van der Waals surface area (Å²) in [6.07, 6.45) is 1.52. The van der Waals surface area contributed by atoms with Crippen molar-refractivity contribution >= 4 is 12.0 Å². The third kappa shape index (κ3) is 5.04. The first-order chi connectivity index (χ1) is 9.08. The Morgan fingerprint density at radius 3 is 2.37 bits per heavy atom. The van der Waals surface area contributed by atoms with Crippen molar-refractivity contribution in [2.45, 2.75) is 19.3 Å². The summed E-state index contributed by atoms with van der Waals surface area (Å²) in [5, 5.41) is 26.4. The van der Waals surface area contributed by atoms with Gasteiger partial charge in [-0.1, -0.05) is 0 Å². The number of amides is 2. The van der Waals surface area contributed by atoms with Crippen LogP contribution in [0.2, 0.25) is 0 Å². The van der Waals surface area contributed by atoms with E-state index in [-0.39, 0.29) is 44.7 Å². The Morgan fingerprint density at radius 1 is 1.21 bits per heavy atom. The van der Waals surface area contributed by atoms with Crippen molar-refractivity contribution in [2.75, 3.05) is 39.4 Å². The van der Waals surface area contributed by atoms with Gasteiger partial charge in [0.15, 0.2) is 0 Å². The van der Waals surface area contributed by atoms with Crippen molar-refractivity contribution in [1.29, 1.82) is 0 Å². The van der Waals surface area contributed by atoms with Crippen LogP contribution < -0.4 is 0 Å². The van der Waals surface area contributed by atoms with Crippen molar-refractivity contribution in [3.63, 3.8) is 0 Å². The van der Waals surface area contributed by atoms with Crippen molar-refractivity contribution in [3.8, 4) is 0 Å². The monoisotopic (exact) mass is 274 g/mol. The fourth-order valence-corrected chi connectivity index (χ4v) is 2.31. The zero-order chi connectivity index (χ0) is 14.3. The first-order valence-electron chi connectivity index (χ1n) is 6.55. The lowest BCUT2D eigenvalue weighted by Crippen LogP contribution is -2.44. The summed E-state index contributed by atoms with van der Waals surface area (Å²) in [6.45, 7) is 1.30. The highest BCUT2D eigenvalue weighted by Crippen LogP contribution is 2.22. The first kappa shape index (κ1) is 15.7. The number of carboxylic acids is 1. The van der Waals surface area contributed by atoms with Crippen LogP contribution in [0.4, 0.5) is 4.79 Å². The van der Waals surface area contributed by atoms with Crippen LogP contribution in [-0.2, 0) is 4.79 Å². The van der Waals surface area contributed by atoms with Crippen LogP contribution in [0.15, 0.2) is 0 Å². The average Bonchev–Trinajstić information content (AvgIpc) is 2.84. The van der Waals surface area contributed by atoms with Crippen LogP contribution >= 0.6 is 0 Å². The SMILES string of the molecule is O=C(O)CCC1CCN(C(=O)N(CCO)CCO)C1. The van der Waals surface area contributed by atoms with Crippen LogP contribution in [0.1, 0.15) is 19.3 Å². The van der Waals surface area contributed by atoms with Crippen molar-refractivity contribution in [1.82, 2.24) is 9.80 Å². The number of carboxylic acid groups (broad SMARTS) is 1. The Hall–Kier alpha value is -1.34. The van der Waals surface area contributed by atoms with Crippen LogP contribution in [0.3, 0.4) is 0 Å². The standard InChI is InChI=1S/C12H22N2O5/c15-7-5-13(6-8-16)12(19)14-4-3-10(9-14)1-2-11(17)18/h10,15-16H,1-9H2,(H,17,18). The molecule has 7 heteroatoms. The number of aliphatic hydroxyl groups excluding tert-OH is 2. The van der Waals surface area contributed by atoms with E-state index in [1.54, 1.807) is 4.90 Å². The van der Waals surface area contributed by atoms with E-state index >= 15 is 0 Å². The number of hydrogen-bond donors (Lipinski definition) is 3. The molecular weight excluding hydrogens is 252 g/mol. The number of carbonyl (C=O) groups excluding carboxylic acids is 1. The van der Waals surface area contributed by atoms with Gasteiger partial charge in [-0.3, -0.25) is 4.79 Å². The van der Waals surface area contributed by atoms with E-state index in [9.17, 15) is 9.59 Å². The molecule has 0 spiro atoms. The van der Waals surface area contributed by atoms with Crippen LogP contribution in [0.25, 0.3) is 0 Å². The second-order valence-corrected chi connectivity index (χ2v) is 4.75. The smallest absolute Gasteiger partial charge is 0.320 e. The number of urea groups is 1. The molecule has 1 saturated heterocycles. The lowest BCUT2D eigenvalue weighted by molar-refractivity contribution is -0.137. The summed E-state index contributed by atoms with van der Waals surface area (Å²) in [7, 11) is 0. The van der Waals surface area contributed by atoms with Crippen LogP contribution in [0.5, 0.6) is 0 Å². The molecule has 0 bridgehead atoms. The third-order valence-corrected chi connectivity index (χ3v) is 3.33. The summed E-state index contributed by atoms with van der Waals surface area (Å²) < 4.78 is 0. The minimum Gasteiger partial charge on any atom is -0.481 e. The molecule has 1 atom stereocenters. The number of aliphatic hydroxyl groups is 2. The molecule has 3 N–H and O–H groups in total. The number of rotatable bonds is 7. The van der Waals surface area contributed by atoms with Crippen molar-refractivity contribution in [2.24, 2.45) is 5.92 Å². The number of carbonyl (C=O) groups is 2. The Kier molecular flexibility index (Phi) is 6.58. The Morgan fingerprint density at radius 2 is 1.84 bits per heavy atom. The Labute approximate surface area is 112 Å². The fourth-order valence-electron chi connectivity index (χ4n) is 2.31. The molecular formula is C12H22N2O5. The van der Waals surface area contributed by atoms with Gasteiger partial charge in [0.05, 0.1) is 13.2 Å². The summed E-state index contributed by atoms with van der Waals surface area (Å²) >= 11 is 0. The Balaban J connectivity index is 2.43. The van der Waals surface area contributed by atoms with E-state index in [0.717, 1.165) is 6.42 Å². The molecule has 0 radical (unpaired) electrons. The number of nitrogens with zero attached hydrogens (tertiary/aromatic N) is 2. The number of hydrogen-bond acceptors (Lipinski definition) is 4. The van der Waals surface area contributed by atoms with Gasteiger partial charge in [-0.25, -0.2) is 4.79 Å². The van der Waals surface area contributed by atoms with Gasteiger partial charge in [0, 0.05) is 32.6 Å². The van der Waals surface area contributed by atoms with Gasteiger partial charge in [0.25, 0.3) is 0 Å². The molecule has 2 amide bonds. The van der Waals surface area contributed by atoms with E-state index in [4.69, 9.17) is 15.3 Å². The lowest BCUT2D eigenvalue weighted by atomic mass is 10.0. The van der Waals surface area contributed by atoms with Gasteiger partial charge >= 0.3 is 12.0 Å². The molecule has 0 saturated carbocycles. The molecule has 1 heterocycles. The summed E-state index contributed by atoms with van der Waals surface area (Å²) in [5.74, 6) is -0.586. The van der Waals surface area contributed by atoms with Gasteiger partial charge in [0.1, 0.15) is 0 Å². The maximum atomic E-state index is 12.1. The lowest BCUT2D eigenvalue weighted by Gasteiger charge is -2.27. The highest BCUT2D eigenvalue weighted by atomic mass is 16.4. The average molecular weight is 274 g/mol. The van der Waals surface area contributed by atoms with Crippen LogP contribution in [-0.4, -0.2) is 76.5 Å². The zero-order valence-electron chi connectivity index (χ0n) is 11.0. The molecule has 7 nitrogen and oxygen atoms in total. The van der Waals surface area contributed by atoms with Crippen molar-refractivity contribution < 1.29 is 24.9 Å². The molecule has 1 fully saturated rings. The normalized spacial score (nSPS) is 18.6. The molecule has 1 aliphatic rings. The minimum absolute atomic E-state index is 0.129. The summed E-state index contributed by atoms with van der Waals surface area (Å²) in [6, 6.07) is -0.194. The van der Waals surface area contributed by atoms with Crippen LogP contribution in [0, 0.1) is 5.92 Å². The Bertz CT molecular complexity index is 304. The topological polar surface area (TPSA) is 101 Å². The zero-order valence-corrected chi connectivity index (χ0v) is 11.0. The molecule has 1 rings (SSSR count). The molecule has 0 aromatic heterocycles. The largest absolute Gasteiger partial charge is 0.481 e. The van der Waals surface area contributed by atoms with Gasteiger partial charge in [-0.05, 0) is 18.8 Å². The second-order valence-electron chi connectivity index (χ2n) is 4.75. The van der Waals surface area contributed by atoms with Gasteiger partial charge in [0.2, 0.25) is 0 Å². The predicted octanol–water partition coefficient (Wildman–Crippen LogP) is -0.420. The molecule has 0 aliphatic carbocycles. The fraction of sp³-hybridized carbons (Fsp3) is 0.833. The summed E-state index contributed by atoms with van der Waals surface area (Å²) in [4.78, 5) is 25.7. The quantitative estimate of drug-likeness (QED) is 0.585. The highest BCUT2D eigenvalue weighted by Gasteiger charge is 2.29. The first-order valence-corrected chi connectivity index (χ1v) is 6.55. The van der Waals surface area contributed by atoms with E-state index in [0.29, 0.717) is 19.5 Å². The third-order valence-electron chi connectivity index (χ3n) is 3.33. The molecule has 0 aromatic carbocycles. The molecule has 110 valence electrons. The second kappa shape index (κ2) is 7.96. The highest BCUT2D eigenvalue weighted by molar-refractivity contribution is 5.74. The van der Waals surface area contributed by atoms with E-state index in [2.05, 4.69) is 0 Å². The van der Waals surface area contributed by atoms with E-state index < -0.39 is 5.97 Å². The molecule has 19 heavy (non-hydrogen) atoms. The van der Waals surface area contributed by atoms with Gasteiger partial charge in [-0.2, -0.15) is 0 Å². The minimum atomic E-state index is -0.813. The maximum absolute atomic E-state index is 12.1. The number of likely N-dealkylation sites (tertiary alicyclic amines) is 1. The van der Waals surface area contributed by atoms with Gasteiger partial charge in [-0.15, -0.1) is 0 Å². The molecule has 0 aromatic rings. The van der Waals surface area contributed by atoms with Crippen molar-refractivity contribution in [3.05, 3.63) is 0 Å². The van der Waals surface area contributed by atoms with E-state index in [1.165, 1.54) is 4.90 Å². The predicted molar refractivity (Wildman–Crippen MR) is 67.7 cm³/mol. The molecule has 1 aliphatic heterocycles. The van der Waals surface area contributed by atoms with E-state index in [1.807, 2.05) is 0 Å². The molecule has 1 unspecified atom stereocenters. The van der Waals surface area contributed by atoms with Gasteiger partial charge < -0.3 is 25.1 Å².